The summed E-state index contributed by atoms with van der Waals surface area (Å²) in [5, 5.41) is 16.8. The van der Waals surface area contributed by atoms with E-state index in [0.717, 1.165) is 0 Å². The summed E-state index contributed by atoms with van der Waals surface area (Å²) >= 11 is 0. The number of amides is 2. The molecule has 0 saturated heterocycles. The van der Waals surface area contributed by atoms with Crippen LogP contribution < -0.4 is 16.0 Å². The highest BCUT2D eigenvalue weighted by atomic mass is 16.5. The Labute approximate surface area is 182 Å². The Bertz CT molecular complexity index is 532. The van der Waals surface area contributed by atoms with E-state index < -0.39 is 12.0 Å². The molecule has 0 aromatic rings. The molecule has 0 saturated carbocycles. The minimum Gasteiger partial charge on any atom is -0.480 e. The number of nitrogens with one attached hydrogen (secondary N) is 3. The number of aliphatic carboxylic acids is 1. The largest absolute Gasteiger partial charge is 0.480 e. The second kappa shape index (κ2) is 19.8. The Morgan fingerprint density at radius 3 is 1.81 bits per heavy atom. The number of carbonyl (C=O) groups is 4. The van der Waals surface area contributed by atoms with E-state index in [1.165, 1.54) is 14.0 Å². The average Bonchev–Trinajstić information content (AvgIpc) is 2.71. The molecule has 0 aliphatic heterocycles. The van der Waals surface area contributed by atoms with Gasteiger partial charge in [-0.05, 0) is 20.4 Å². The molecule has 0 aromatic heterocycles. The Morgan fingerprint density at radius 2 is 1.29 bits per heavy atom. The molecule has 0 aromatic carbocycles. The number of ketones is 1. The van der Waals surface area contributed by atoms with E-state index in [0.29, 0.717) is 32.9 Å². The SMILES string of the molecule is CN[C@H](CCC(=O)NCCOCCOCC(=O)NCCOCCOCC(C)=O)C(=O)O. The van der Waals surface area contributed by atoms with Gasteiger partial charge in [-0.2, -0.15) is 0 Å². The molecule has 180 valence electrons. The molecule has 0 aliphatic carbocycles. The van der Waals surface area contributed by atoms with Crippen LogP contribution in [0.2, 0.25) is 0 Å². The van der Waals surface area contributed by atoms with E-state index >= 15 is 0 Å². The third-order valence-corrected chi connectivity index (χ3v) is 3.73. The predicted molar refractivity (Wildman–Crippen MR) is 110 cm³/mol. The first-order valence-corrected chi connectivity index (χ1v) is 10.1. The van der Waals surface area contributed by atoms with Gasteiger partial charge in [-0.3, -0.25) is 19.2 Å². The van der Waals surface area contributed by atoms with Gasteiger partial charge in [0.05, 0.1) is 39.6 Å². The van der Waals surface area contributed by atoms with Crippen molar-refractivity contribution in [3.8, 4) is 0 Å². The Hall–Kier alpha value is -2.12. The molecule has 0 rings (SSSR count). The second-order valence-electron chi connectivity index (χ2n) is 6.45. The third kappa shape index (κ3) is 19.6. The predicted octanol–water partition coefficient (Wildman–Crippen LogP) is -1.67. The summed E-state index contributed by atoms with van der Waals surface area (Å²) in [7, 11) is 1.53. The van der Waals surface area contributed by atoms with Crippen molar-refractivity contribution in [2.75, 3.05) is 73.0 Å². The van der Waals surface area contributed by atoms with Gasteiger partial charge in [0, 0.05) is 19.5 Å². The van der Waals surface area contributed by atoms with Crippen LogP contribution >= 0.6 is 0 Å². The van der Waals surface area contributed by atoms with E-state index in [1.54, 1.807) is 0 Å². The van der Waals surface area contributed by atoms with Crippen LogP contribution in [0.1, 0.15) is 19.8 Å². The maximum atomic E-state index is 11.6. The maximum Gasteiger partial charge on any atom is 0.320 e. The molecule has 12 nitrogen and oxygen atoms in total. The molecule has 0 heterocycles. The molecule has 0 radical (unpaired) electrons. The van der Waals surface area contributed by atoms with Crippen molar-refractivity contribution in [1.82, 2.24) is 16.0 Å². The highest BCUT2D eigenvalue weighted by Crippen LogP contribution is 1.97. The monoisotopic (exact) mass is 449 g/mol. The Kier molecular flexibility index (Phi) is 18.5. The molecule has 0 aliphatic rings. The van der Waals surface area contributed by atoms with E-state index in [9.17, 15) is 19.2 Å². The van der Waals surface area contributed by atoms with Gasteiger partial charge in [0.1, 0.15) is 19.3 Å². The van der Waals surface area contributed by atoms with E-state index in [1.807, 2.05) is 0 Å². The van der Waals surface area contributed by atoms with Crippen molar-refractivity contribution in [1.29, 1.82) is 0 Å². The average molecular weight is 450 g/mol. The van der Waals surface area contributed by atoms with Gasteiger partial charge in [-0.25, -0.2) is 0 Å². The first kappa shape index (κ1) is 28.9. The van der Waals surface area contributed by atoms with Crippen molar-refractivity contribution in [3.63, 3.8) is 0 Å². The van der Waals surface area contributed by atoms with Crippen LogP contribution in [0.15, 0.2) is 0 Å². The highest BCUT2D eigenvalue weighted by molar-refractivity contribution is 5.78. The molecule has 4 N–H and O–H groups in total. The van der Waals surface area contributed by atoms with Crippen LogP contribution in [0.3, 0.4) is 0 Å². The van der Waals surface area contributed by atoms with E-state index in [4.69, 9.17) is 24.1 Å². The first-order chi connectivity index (χ1) is 14.9. The van der Waals surface area contributed by atoms with Crippen LogP contribution in [-0.2, 0) is 38.1 Å². The number of Topliss-reactive ketones (excluding diaryl/α,β-unsaturated/α-hetero) is 1. The van der Waals surface area contributed by atoms with E-state index in [-0.39, 0.29) is 63.5 Å². The summed E-state index contributed by atoms with van der Waals surface area (Å²) in [4.78, 5) is 44.6. The summed E-state index contributed by atoms with van der Waals surface area (Å²) in [5.41, 5.74) is 0. The van der Waals surface area contributed by atoms with Crippen LogP contribution in [0.4, 0.5) is 0 Å². The molecule has 12 heteroatoms. The Balaban J connectivity index is 3.41. The molecule has 31 heavy (non-hydrogen) atoms. The van der Waals surface area contributed by atoms with E-state index in [2.05, 4.69) is 16.0 Å². The van der Waals surface area contributed by atoms with Crippen molar-refractivity contribution in [3.05, 3.63) is 0 Å². The summed E-state index contributed by atoms with van der Waals surface area (Å²) in [5.74, 6) is -1.55. The number of rotatable bonds is 21. The van der Waals surface area contributed by atoms with Crippen molar-refractivity contribution in [2.45, 2.75) is 25.8 Å². The summed E-state index contributed by atoms with van der Waals surface area (Å²) in [6, 6.07) is -0.748. The lowest BCUT2D eigenvalue weighted by Gasteiger charge is -2.11. The van der Waals surface area contributed by atoms with Crippen molar-refractivity contribution < 1.29 is 43.2 Å². The lowest BCUT2D eigenvalue weighted by molar-refractivity contribution is -0.139. The maximum absolute atomic E-state index is 11.6. The molecule has 0 spiro atoms. The number of hydrogen-bond acceptors (Lipinski definition) is 9. The smallest absolute Gasteiger partial charge is 0.320 e. The first-order valence-electron chi connectivity index (χ1n) is 10.1. The number of carbonyl (C=O) groups excluding carboxylic acids is 3. The van der Waals surface area contributed by atoms with Crippen LogP contribution in [0, 0.1) is 0 Å². The van der Waals surface area contributed by atoms with Gasteiger partial charge < -0.3 is 40.0 Å². The number of ether oxygens (including phenoxy) is 4. The third-order valence-electron chi connectivity index (χ3n) is 3.73. The molecular formula is C19H35N3O9. The summed E-state index contributed by atoms with van der Waals surface area (Å²) in [6.07, 6.45) is 0.310. The molecule has 2 amide bonds. The topological polar surface area (TPSA) is 162 Å². The zero-order valence-electron chi connectivity index (χ0n) is 18.3. The van der Waals surface area contributed by atoms with Crippen molar-refractivity contribution >= 4 is 23.6 Å². The molecule has 0 unspecified atom stereocenters. The lowest BCUT2D eigenvalue weighted by Crippen LogP contribution is -2.36. The van der Waals surface area contributed by atoms with Gasteiger partial charge in [0.15, 0.2) is 5.78 Å². The standard InChI is InChI=1S/C19H35N3O9/c1-15(23)13-30-11-9-29-8-6-22-18(25)14-31-12-10-28-7-5-21-17(24)4-3-16(20-2)19(26)27/h16,20H,3-14H2,1-2H3,(H,21,24)(H,22,25)(H,26,27)/t16-/m1/s1. The minimum atomic E-state index is -0.992. The highest BCUT2D eigenvalue weighted by Gasteiger charge is 2.15. The van der Waals surface area contributed by atoms with Crippen LogP contribution in [0.25, 0.3) is 0 Å². The number of hydrogen-bond donors (Lipinski definition) is 4. The number of carboxylic acid groups (broad SMARTS) is 1. The van der Waals surface area contributed by atoms with Crippen LogP contribution in [0.5, 0.6) is 0 Å². The fourth-order valence-corrected chi connectivity index (χ4v) is 2.15. The second-order valence-corrected chi connectivity index (χ2v) is 6.45. The minimum absolute atomic E-state index is 0.0440. The molecular weight excluding hydrogens is 414 g/mol. The normalized spacial score (nSPS) is 11.7. The lowest BCUT2D eigenvalue weighted by atomic mass is 10.1. The van der Waals surface area contributed by atoms with Gasteiger partial charge in [-0.15, -0.1) is 0 Å². The summed E-state index contributed by atoms with van der Waals surface area (Å²) in [6.45, 7) is 3.83. The zero-order chi connectivity index (χ0) is 23.3. The number of carboxylic acids is 1. The Morgan fingerprint density at radius 1 is 0.774 bits per heavy atom. The fraction of sp³-hybridized carbons (Fsp3) is 0.789. The van der Waals surface area contributed by atoms with Gasteiger partial charge in [-0.1, -0.05) is 0 Å². The number of likely N-dealkylation sites (N-methyl/N-ethyl adjacent to an activating group) is 1. The van der Waals surface area contributed by atoms with Gasteiger partial charge in [0.2, 0.25) is 11.8 Å². The van der Waals surface area contributed by atoms with Crippen molar-refractivity contribution in [2.24, 2.45) is 0 Å². The van der Waals surface area contributed by atoms with Gasteiger partial charge >= 0.3 is 5.97 Å². The molecule has 0 fully saturated rings. The van der Waals surface area contributed by atoms with Gasteiger partial charge in [0.25, 0.3) is 0 Å². The quantitative estimate of drug-likeness (QED) is 0.149. The van der Waals surface area contributed by atoms with Crippen LogP contribution in [-0.4, -0.2) is 108 Å². The summed E-state index contributed by atoms with van der Waals surface area (Å²) < 4.78 is 20.7. The molecule has 1 atom stereocenters. The zero-order valence-corrected chi connectivity index (χ0v) is 18.3. The fourth-order valence-electron chi connectivity index (χ4n) is 2.15. The molecule has 0 bridgehead atoms.